The maximum atomic E-state index is 12.1. The number of piperazine rings is 1. The average molecular weight is 211 g/mol. The van der Waals surface area contributed by atoms with Gasteiger partial charge in [-0.15, -0.1) is 0 Å². The predicted molar refractivity (Wildman–Crippen MR) is 59.7 cm³/mol. The zero-order valence-electron chi connectivity index (χ0n) is 9.46. The summed E-state index contributed by atoms with van der Waals surface area (Å²) in [6, 6.07) is 0.481. The lowest BCUT2D eigenvalue weighted by Crippen LogP contribution is -2.59. The highest BCUT2D eigenvalue weighted by Crippen LogP contribution is 2.10. The Labute approximate surface area is 91.4 Å². The van der Waals surface area contributed by atoms with Crippen molar-refractivity contribution >= 4 is 5.91 Å². The molecular weight excluding hydrogens is 190 g/mol. The van der Waals surface area contributed by atoms with Gasteiger partial charge in [0.15, 0.2) is 0 Å². The third kappa shape index (κ3) is 2.69. The van der Waals surface area contributed by atoms with Crippen LogP contribution in [0.25, 0.3) is 0 Å². The first-order valence-electron chi connectivity index (χ1n) is 6.03. The van der Waals surface area contributed by atoms with Crippen LogP contribution in [-0.2, 0) is 4.79 Å². The van der Waals surface area contributed by atoms with E-state index in [1.165, 1.54) is 19.3 Å². The van der Waals surface area contributed by atoms with Crippen LogP contribution in [0.2, 0.25) is 0 Å². The summed E-state index contributed by atoms with van der Waals surface area (Å²) in [6.45, 7) is 5.70. The monoisotopic (exact) mass is 211 g/mol. The predicted octanol–water partition coefficient (Wildman–Crippen LogP) is -0.0512. The van der Waals surface area contributed by atoms with Crippen molar-refractivity contribution in [3.63, 3.8) is 0 Å². The van der Waals surface area contributed by atoms with Gasteiger partial charge in [-0.3, -0.25) is 4.79 Å². The van der Waals surface area contributed by atoms with Gasteiger partial charge in [0, 0.05) is 32.2 Å². The van der Waals surface area contributed by atoms with E-state index in [0.29, 0.717) is 6.04 Å². The largest absolute Gasteiger partial charge is 0.341 e. The van der Waals surface area contributed by atoms with E-state index in [1.807, 2.05) is 4.90 Å². The second-order valence-electron chi connectivity index (χ2n) is 4.66. The molecule has 1 amide bonds. The number of hydrogen-bond acceptors (Lipinski definition) is 3. The molecule has 2 rings (SSSR count). The Morgan fingerprint density at radius 1 is 1.13 bits per heavy atom. The van der Waals surface area contributed by atoms with Crippen molar-refractivity contribution < 1.29 is 4.79 Å². The molecule has 2 unspecified atom stereocenters. The fraction of sp³-hybridized carbons (Fsp3) is 0.909. The fourth-order valence-corrected chi connectivity index (χ4v) is 2.29. The molecule has 0 aromatic rings. The topological polar surface area (TPSA) is 44.4 Å². The second kappa shape index (κ2) is 4.94. The van der Waals surface area contributed by atoms with Crippen LogP contribution in [0.3, 0.4) is 0 Å². The molecule has 0 aliphatic carbocycles. The standard InChI is InChI=1S/C11H21N3O/c1-9-7-13-10(8-12-9)11(15)14-5-3-2-4-6-14/h9-10,12-13H,2-8H2,1H3. The van der Waals surface area contributed by atoms with Crippen LogP contribution in [0.4, 0.5) is 0 Å². The normalized spacial score (nSPS) is 32.7. The number of nitrogens with one attached hydrogen (secondary N) is 2. The van der Waals surface area contributed by atoms with E-state index in [-0.39, 0.29) is 11.9 Å². The van der Waals surface area contributed by atoms with Gasteiger partial charge in [-0.1, -0.05) is 0 Å². The lowest BCUT2D eigenvalue weighted by Gasteiger charge is -2.34. The molecular formula is C11H21N3O. The first kappa shape index (κ1) is 10.9. The van der Waals surface area contributed by atoms with Gasteiger partial charge in [-0.25, -0.2) is 0 Å². The van der Waals surface area contributed by atoms with Crippen molar-refractivity contribution in [2.75, 3.05) is 26.2 Å². The van der Waals surface area contributed by atoms with E-state index in [1.54, 1.807) is 0 Å². The summed E-state index contributed by atoms with van der Waals surface area (Å²) in [6.07, 6.45) is 3.61. The van der Waals surface area contributed by atoms with Crippen LogP contribution in [0.5, 0.6) is 0 Å². The summed E-state index contributed by atoms with van der Waals surface area (Å²) in [7, 11) is 0. The Morgan fingerprint density at radius 3 is 2.47 bits per heavy atom. The molecule has 2 fully saturated rings. The van der Waals surface area contributed by atoms with Gasteiger partial charge in [0.1, 0.15) is 0 Å². The summed E-state index contributed by atoms with van der Waals surface area (Å²) in [5.74, 6) is 0.286. The first-order chi connectivity index (χ1) is 7.27. The number of hydrogen-bond donors (Lipinski definition) is 2. The Morgan fingerprint density at radius 2 is 1.87 bits per heavy atom. The molecule has 2 atom stereocenters. The van der Waals surface area contributed by atoms with Gasteiger partial charge in [-0.2, -0.15) is 0 Å². The number of rotatable bonds is 1. The van der Waals surface area contributed by atoms with Gasteiger partial charge in [-0.05, 0) is 26.2 Å². The molecule has 0 aromatic heterocycles. The zero-order valence-corrected chi connectivity index (χ0v) is 9.46. The fourth-order valence-electron chi connectivity index (χ4n) is 2.29. The first-order valence-corrected chi connectivity index (χ1v) is 6.03. The Hall–Kier alpha value is -0.610. The lowest BCUT2D eigenvalue weighted by atomic mass is 10.1. The molecule has 0 radical (unpaired) electrons. The van der Waals surface area contributed by atoms with E-state index in [9.17, 15) is 4.79 Å². The number of nitrogens with zero attached hydrogens (tertiary/aromatic N) is 1. The van der Waals surface area contributed by atoms with Crippen LogP contribution in [0.15, 0.2) is 0 Å². The smallest absolute Gasteiger partial charge is 0.241 e. The van der Waals surface area contributed by atoms with Crippen molar-refractivity contribution in [1.29, 1.82) is 0 Å². The van der Waals surface area contributed by atoms with Gasteiger partial charge >= 0.3 is 0 Å². The van der Waals surface area contributed by atoms with Crippen LogP contribution in [0.1, 0.15) is 26.2 Å². The Balaban J connectivity index is 1.84. The van der Waals surface area contributed by atoms with Crippen molar-refractivity contribution in [3.8, 4) is 0 Å². The second-order valence-corrected chi connectivity index (χ2v) is 4.66. The number of carbonyl (C=O) groups excluding carboxylic acids is 1. The van der Waals surface area contributed by atoms with E-state index >= 15 is 0 Å². The molecule has 4 nitrogen and oxygen atoms in total. The number of amides is 1. The Bertz CT molecular complexity index is 218. The number of piperidine rings is 1. The van der Waals surface area contributed by atoms with Crippen molar-refractivity contribution in [2.24, 2.45) is 0 Å². The van der Waals surface area contributed by atoms with Crippen LogP contribution in [-0.4, -0.2) is 49.1 Å². The van der Waals surface area contributed by atoms with Gasteiger partial charge < -0.3 is 15.5 Å². The summed E-state index contributed by atoms with van der Waals surface area (Å²) in [4.78, 5) is 14.1. The molecule has 2 saturated heterocycles. The molecule has 0 spiro atoms. The Kier molecular flexibility index (Phi) is 3.59. The summed E-state index contributed by atoms with van der Waals surface area (Å²) >= 11 is 0. The van der Waals surface area contributed by atoms with Crippen LogP contribution < -0.4 is 10.6 Å². The lowest BCUT2D eigenvalue weighted by molar-refractivity contribution is -0.134. The van der Waals surface area contributed by atoms with E-state index in [2.05, 4.69) is 17.6 Å². The average Bonchev–Trinajstić information content (AvgIpc) is 2.30. The maximum Gasteiger partial charge on any atom is 0.241 e. The highest BCUT2D eigenvalue weighted by molar-refractivity contribution is 5.82. The SMILES string of the molecule is CC1CNC(C(=O)N2CCCCC2)CN1. The molecule has 4 heteroatoms. The number of likely N-dealkylation sites (tertiary alicyclic amines) is 1. The van der Waals surface area contributed by atoms with Crippen LogP contribution >= 0.6 is 0 Å². The highest BCUT2D eigenvalue weighted by atomic mass is 16.2. The summed E-state index contributed by atoms with van der Waals surface area (Å²) < 4.78 is 0. The molecule has 2 heterocycles. The molecule has 15 heavy (non-hydrogen) atoms. The van der Waals surface area contributed by atoms with Crippen molar-refractivity contribution in [2.45, 2.75) is 38.3 Å². The number of carbonyl (C=O) groups is 1. The molecule has 0 bridgehead atoms. The van der Waals surface area contributed by atoms with Crippen molar-refractivity contribution in [1.82, 2.24) is 15.5 Å². The summed E-state index contributed by atoms with van der Waals surface area (Å²) in [5.41, 5.74) is 0. The maximum absolute atomic E-state index is 12.1. The third-order valence-electron chi connectivity index (χ3n) is 3.31. The molecule has 2 N–H and O–H groups in total. The van der Waals surface area contributed by atoms with Gasteiger partial charge in [0.2, 0.25) is 5.91 Å². The molecule has 86 valence electrons. The van der Waals surface area contributed by atoms with Crippen molar-refractivity contribution in [3.05, 3.63) is 0 Å². The minimum absolute atomic E-state index is 0.000648. The summed E-state index contributed by atoms with van der Waals surface area (Å²) in [5, 5.41) is 6.65. The van der Waals surface area contributed by atoms with E-state index in [4.69, 9.17) is 0 Å². The van der Waals surface area contributed by atoms with Crippen LogP contribution in [0, 0.1) is 0 Å². The quantitative estimate of drug-likeness (QED) is 0.639. The highest BCUT2D eigenvalue weighted by Gasteiger charge is 2.27. The minimum atomic E-state index is -0.000648. The molecule has 0 aromatic carbocycles. The van der Waals surface area contributed by atoms with E-state index < -0.39 is 0 Å². The molecule has 0 saturated carbocycles. The zero-order chi connectivity index (χ0) is 10.7. The van der Waals surface area contributed by atoms with E-state index in [0.717, 1.165) is 26.2 Å². The van der Waals surface area contributed by atoms with Gasteiger partial charge in [0.05, 0.1) is 6.04 Å². The molecule has 2 aliphatic heterocycles. The van der Waals surface area contributed by atoms with Gasteiger partial charge in [0.25, 0.3) is 0 Å². The molecule has 2 aliphatic rings. The minimum Gasteiger partial charge on any atom is -0.341 e. The third-order valence-corrected chi connectivity index (χ3v) is 3.31.